The third-order valence-electron chi connectivity index (χ3n) is 2.74. The van der Waals surface area contributed by atoms with Gasteiger partial charge in [-0.25, -0.2) is 9.78 Å². The molecule has 1 heterocycles. The van der Waals surface area contributed by atoms with Gasteiger partial charge in [0.15, 0.2) is 0 Å². The maximum atomic E-state index is 10.7. The number of benzene rings is 1. The highest BCUT2D eigenvalue weighted by Gasteiger charge is 2.06. The van der Waals surface area contributed by atoms with Crippen LogP contribution < -0.4 is 4.90 Å². The van der Waals surface area contributed by atoms with Crippen molar-refractivity contribution in [2.24, 2.45) is 0 Å². The number of hydrogen-bond acceptors (Lipinski definition) is 3. The van der Waals surface area contributed by atoms with Crippen LogP contribution in [0.4, 0.5) is 5.69 Å². The summed E-state index contributed by atoms with van der Waals surface area (Å²) in [6.07, 6.45) is 1.55. The Balaban J connectivity index is 2.09. The molecule has 1 N–H and O–H groups in total. The molecule has 0 aliphatic heterocycles. The third kappa shape index (κ3) is 3.45. The molecule has 0 unspecified atom stereocenters. The van der Waals surface area contributed by atoms with Crippen molar-refractivity contribution >= 4 is 23.3 Å². The topological polar surface area (TPSA) is 53.4 Å². The van der Waals surface area contributed by atoms with E-state index in [9.17, 15) is 4.79 Å². The smallest absolute Gasteiger partial charge is 0.354 e. The number of anilines is 1. The molecule has 0 aliphatic carbocycles. The van der Waals surface area contributed by atoms with Gasteiger partial charge in [-0.05, 0) is 29.8 Å². The summed E-state index contributed by atoms with van der Waals surface area (Å²) < 4.78 is 0. The van der Waals surface area contributed by atoms with Gasteiger partial charge >= 0.3 is 5.97 Å². The minimum absolute atomic E-state index is 0.0450. The maximum Gasteiger partial charge on any atom is 0.354 e. The van der Waals surface area contributed by atoms with E-state index in [1.165, 1.54) is 6.07 Å². The molecule has 1 aromatic heterocycles. The van der Waals surface area contributed by atoms with E-state index in [0.29, 0.717) is 11.6 Å². The Bertz CT molecular complexity index is 567. The second kappa shape index (κ2) is 5.71. The number of aromatic carboxylic acids is 1. The summed E-state index contributed by atoms with van der Waals surface area (Å²) in [4.78, 5) is 16.6. The number of carboxylic acids is 1. The Morgan fingerprint density at radius 1 is 1.26 bits per heavy atom. The predicted octanol–water partition coefficient (Wildman–Crippen LogP) is 3.07. The van der Waals surface area contributed by atoms with Crippen molar-refractivity contribution in [3.63, 3.8) is 0 Å². The molecule has 5 heteroatoms. The summed E-state index contributed by atoms with van der Waals surface area (Å²) in [5, 5.41) is 9.49. The number of aromatic nitrogens is 1. The van der Waals surface area contributed by atoms with Crippen LogP contribution in [0.15, 0.2) is 42.6 Å². The van der Waals surface area contributed by atoms with Crippen LogP contribution in [0, 0.1) is 0 Å². The van der Waals surface area contributed by atoms with Crippen LogP contribution in [-0.2, 0) is 6.54 Å². The van der Waals surface area contributed by atoms with Gasteiger partial charge in [-0.3, -0.25) is 0 Å². The first-order valence-corrected chi connectivity index (χ1v) is 6.09. The largest absolute Gasteiger partial charge is 0.477 e. The number of carboxylic acid groups (broad SMARTS) is 1. The Labute approximate surface area is 116 Å². The number of hydrogen-bond donors (Lipinski definition) is 1. The summed E-state index contributed by atoms with van der Waals surface area (Å²) in [6, 6.07) is 10.8. The molecule has 0 bridgehead atoms. The monoisotopic (exact) mass is 276 g/mol. The molecule has 0 spiro atoms. The molecule has 19 heavy (non-hydrogen) atoms. The van der Waals surface area contributed by atoms with E-state index in [2.05, 4.69) is 4.98 Å². The summed E-state index contributed by atoms with van der Waals surface area (Å²) in [6.45, 7) is 0.700. The lowest BCUT2D eigenvalue weighted by Gasteiger charge is -2.19. The molecule has 0 aliphatic rings. The van der Waals surface area contributed by atoms with Crippen molar-refractivity contribution in [1.29, 1.82) is 0 Å². The minimum Gasteiger partial charge on any atom is -0.477 e. The van der Waals surface area contributed by atoms with Crippen LogP contribution in [0.1, 0.15) is 16.1 Å². The number of pyridine rings is 1. The summed E-state index contributed by atoms with van der Waals surface area (Å²) in [5.41, 5.74) is 2.03. The van der Waals surface area contributed by atoms with E-state index >= 15 is 0 Å². The molecule has 0 saturated carbocycles. The van der Waals surface area contributed by atoms with E-state index in [-0.39, 0.29) is 5.69 Å². The second-order valence-corrected chi connectivity index (χ2v) is 4.63. The zero-order chi connectivity index (χ0) is 13.8. The molecule has 0 amide bonds. The SMILES string of the molecule is CN(Cc1ccc(Cl)cc1)c1ccc(C(=O)O)nc1. The van der Waals surface area contributed by atoms with Crippen molar-refractivity contribution < 1.29 is 9.90 Å². The van der Waals surface area contributed by atoms with Crippen molar-refractivity contribution in [2.45, 2.75) is 6.54 Å². The van der Waals surface area contributed by atoms with E-state index < -0.39 is 5.97 Å². The van der Waals surface area contributed by atoms with Crippen LogP contribution in [0.2, 0.25) is 5.02 Å². The van der Waals surface area contributed by atoms with Crippen molar-refractivity contribution in [3.8, 4) is 0 Å². The maximum absolute atomic E-state index is 10.7. The molecular formula is C14H13ClN2O2. The predicted molar refractivity (Wildman–Crippen MR) is 74.8 cm³/mol. The molecule has 4 nitrogen and oxygen atoms in total. The molecule has 2 aromatic rings. The van der Waals surface area contributed by atoms with E-state index in [4.69, 9.17) is 16.7 Å². The minimum atomic E-state index is -1.02. The van der Waals surface area contributed by atoms with Gasteiger partial charge < -0.3 is 10.0 Å². The molecule has 0 fully saturated rings. The summed E-state index contributed by atoms with van der Waals surface area (Å²) in [7, 11) is 1.92. The fourth-order valence-electron chi connectivity index (χ4n) is 1.69. The fraction of sp³-hybridized carbons (Fsp3) is 0.143. The quantitative estimate of drug-likeness (QED) is 0.932. The Kier molecular flexibility index (Phi) is 4.02. The Hall–Kier alpha value is -2.07. The first-order valence-electron chi connectivity index (χ1n) is 5.71. The van der Waals surface area contributed by atoms with Gasteiger partial charge in [-0.2, -0.15) is 0 Å². The van der Waals surface area contributed by atoms with E-state index in [0.717, 1.165) is 11.3 Å². The van der Waals surface area contributed by atoms with Crippen LogP contribution in [-0.4, -0.2) is 23.1 Å². The highest BCUT2D eigenvalue weighted by Crippen LogP contribution is 2.16. The number of nitrogens with zero attached hydrogens (tertiary/aromatic N) is 2. The fourth-order valence-corrected chi connectivity index (χ4v) is 1.82. The highest BCUT2D eigenvalue weighted by molar-refractivity contribution is 6.30. The normalized spacial score (nSPS) is 10.2. The lowest BCUT2D eigenvalue weighted by Crippen LogP contribution is -2.16. The molecular weight excluding hydrogens is 264 g/mol. The van der Waals surface area contributed by atoms with Crippen molar-refractivity contribution in [1.82, 2.24) is 4.98 Å². The van der Waals surface area contributed by atoms with Gasteiger partial charge in [0.05, 0.1) is 11.9 Å². The van der Waals surface area contributed by atoms with Gasteiger partial charge in [0.1, 0.15) is 5.69 Å². The number of carbonyl (C=O) groups is 1. The average Bonchev–Trinajstić information content (AvgIpc) is 2.41. The van der Waals surface area contributed by atoms with Gasteiger partial charge in [0.2, 0.25) is 0 Å². The van der Waals surface area contributed by atoms with Gasteiger partial charge in [-0.15, -0.1) is 0 Å². The lowest BCUT2D eigenvalue weighted by atomic mass is 10.2. The van der Waals surface area contributed by atoms with Gasteiger partial charge in [0.25, 0.3) is 0 Å². The number of rotatable bonds is 4. The second-order valence-electron chi connectivity index (χ2n) is 4.19. The molecule has 0 atom stereocenters. The standard InChI is InChI=1S/C14H13ClN2O2/c1-17(9-10-2-4-11(15)5-3-10)12-6-7-13(14(18)19)16-8-12/h2-8H,9H2,1H3,(H,18,19). The van der Waals surface area contributed by atoms with Crippen LogP contribution in [0.5, 0.6) is 0 Å². The van der Waals surface area contributed by atoms with Crippen LogP contribution in [0.3, 0.4) is 0 Å². The van der Waals surface area contributed by atoms with Gasteiger partial charge in [0, 0.05) is 18.6 Å². The van der Waals surface area contributed by atoms with E-state index in [1.807, 2.05) is 36.2 Å². The summed E-state index contributed by atoms with van der Waals surface area (Å²) in [5.74, 6) is -1.02. The van der Waals surface area contributed by atoms with Crippen molar-refractivity contribution in [2.75, 3.05) is 11.9 Å². The van der Waals surface area contributed by atoms with Crippen LogP contribution >= 0.6 is 11.6 Å². The number of halogens is 1. The van der Waals surface area contributed by atoms with Crippen molar-refractivity contribution in [3.05, 3.63) is 58.9 Å². The molecule has 2 rings (SSSR count). The molecule has 1 aromatic carbocycles. The van der Waals surface area contributed by atoms with E-state index in [1.54, 1.807) is 12.3 Å². The lowest BCUT2D eigenvalue weighted by molar-refractivity contribution is 0.0690. The Morgan fingerprint density at radius 2 is 1.95 bits per heavy atom. The highest BCUT2D eigenvalue weighted by atomic mass is 35.5. The zero-order valence-corrected chi connectivity index (χ0v) is 11.1. The van der Waals surface area contributed by atoms with Crippen LogP contribution in [0.25, 0.3) is 0 Å². The third-order valence-corrected chi connectivity index (χ3v) is 2.99. The zero-order valence-electron chi connectivity index (χ0n) is 10.4. The molecule has 98 valence electrons. The Morgan fingerprint density at radius 3 is 2.47 bits per heavy atom. The first-order chi connectivity index (χ1) is 9.06. The molecule has 0 saturated heterocycles. The first kappa shape index (κ1) is 13.4. The molecule has 0 radical (unpaired) electrons. The summed E-state index contributed by atoms with van der Waals surface area (Å²) >= 11 is 5.83. The average molecular weight is 277 g/mol. The van der Waals surface area contributed by atoms with Gasteiger partial charge in [-0.1, -0.05) is 23.7 Å².